The minimum atomic E-state index is -1.43. The molecule has 0 bridgehead atoms. The van der Waals surface area contributed by atoms with Crippen LogP contribution in [0.5, 0.6) is 5.75 Å². The van der Waals surface area contributed by atoms with Crippen LogP contribution < -0.4 is 10.1 Å². The third kappa shape index (κ3) is 5.06. The van der Waals surface area contributed by atoms with E-state index in [1.807, 2.05) is 0 Å². The number of hydrogen-bond donors (Lipinski definition) is 2. The van der Waals surface area contributed by atoms with Crippen LogP contribution in [0.25, 0.3) is 0 Å². The number of carbonyl (C=O) groups excluding carboxylic acids is 1. The van der Waals surface area contributed by atoms with E-state index in [0.29, 0.717) is 6.54 Å². The van der Waals surface area contributed by atoms with Gasteiger partial charge in [0.1, 0.15) is 17.1 Å². The highest BCUT2D eigenvalue weighted by molar-refractivity contribution is 5.91. The van der Waals surface area contributed by atoms with Crippen molar-refractivity contribution >= 4 is 11.9 Å². The van der Waals surface area contributed by atoms with Crippen LogP contribution in [0.4, 0.5) is 4.39 Å². The first-order valence-electron chi connectivity index (χ1n) is 6.93. The van der Waals surface area contributed by atoms with Crippen LogP contribution in [0, 0.1) is 5.82 Å². The highest BCUT2D eigenvalue weighted by Gasteiger charge is 2.21. The lowest BCUT2D eigenvalue weighted by atomic mass is 10.2. The molecule has 5 nitrogen and oxygen atoms in total. The summed E-state index contributed by atoms with van der Waals surface area (Å²) in [6.07, 6.45) is 2.04. The van der Waals surface area contributed by atoms with Crippen molar-refractivity contribution < 1.29 is 23.8 Å². The van der Waals surface area contributed by atoms with Crippen molar-refractivity contribution in [1.29, 1.82) is 0 Å². The Bertz CT molecular complexity index is 504. The van der Waals surface area contributed by atoms with Crippen LogP contribution >= 0.6 is 0 Å². The summed E-state index contributed by atoms with van der Waals surface area (Å²) in [4.78, 5) is 22.8. The molecule has 0 aliphatic carbocycles. The van der Waals surface area contributed by atoms with Gasteiger partial charge in [0.15, 0.2) is 6.10 Å². The Balaban J connectivity index is 2.66. The number of amides is 1. The molecule has 0 aromatic heterocycles. The van der Waals surface area contributed by atoms with Crippen LogP contribution in [-0.4, -0.2) is 29.6 Å². The van der Waals surface area contributed by atoms with Crippen LogP contribution in [0.15, 0.2) is 18.2 Å². The average molecular weight is 297 g/mol. The summed E-state index contributed by atoms with van der Waals surface area (Å²) in [6.45, 7) is 4.09. The SMILES string of the molecule is CCCCCNC(=O)C(C)Oc1cccc(F)c1C(=O)O. The Hall–Kier alpha value is -2.11. The topological polar surface area (TPSA) is 75.6 Å². The fraction of sp³-hybridized carbons (Fsp3) is 0.467. The summed E-state index contributed by atoms with van der Waals surface area (Å²) in [5.41, 5.74) is -0.567. The van der Waals surface area contributed by atoms with Gasteiger partial charge in [-0.3, -0.25) is 4.79 Å². The second-order valence-corrected chi connectivity index (χ2v) is 4.68. The maximum Gasteiger partial charge on any atom is 0.342 e. The predicted molar refractivity (Wildman–Crippen MR) is 76.0 cm³/mol. The largest absolute Gasteiger partial charge is 0.480 e. The van der Waals surface area contributed by atoms with Gasteiger partial charge in [-0.05, 0) is 25.5 Å². The summed E-state index contributed by atoms with van der Waals surface area (Å²) in [7, 11) is 0. The van der Waals surface area contributed by atoms with Gasteiger partial charge < -0.3 is 15.2 Å². The number of carbonyl (C=O) groups is 2. The van der Waals surface area contributed by atoms with E-state index in [9.17, 15) is 14.0 Å². The summed E-state index contributed by atoms with van der Waals surface area (Å²) in [5, 5.41) is 11.7. The number of carboxylic acids is 1. The van der Waals surface area contributed by atoms with Crippen molar-refractivity contribution in [2.75, 3.05) is 6.54 Å². The lowest BCUT2D eigenvalue weighted by Crippen LogP contribution is -2.37. The van der Waals surface area contributed by atoms with E-state index in [-0.39, 0.29) is 11.7 Å². The smallest absolute Gasteiger partial charge is 0.342 e. The minimum absolute atomic E-state index is 0.154. The third-order valence-corrected chi connectivity index (χ3v) is 2.94. The average Bonchev–Trinajstić information content (AvgIpc) is 2.43. The van der Waals surface area contributed by atoms with Crippen molar-refractivity contribution in [3.05, 3.63) is 29.6 Å². The molecule has 1 aromatic rings. The van der Waals surface area contributed by atoms with Crippen LogP contribution in [0.3, 0.4) is 0 Å². The quantitative estimate of drug-likeness (QED) is 0.723. The Morgan fingerprint density at radius 3 is 2.71 bits per heavy atom. The molecule has 0 heterocycles. The highest BCUT2D eigenvalue weighted by atomic mass is 19.1. The van der Waals surface area contributed by atoms with E-state index in [0.717, 1.165) is 25.3 Å². The fourth-order valence-electron chi connectivity index (χ4n) is 1.78. The number of hydrogen-bond acceptors (Lipinski definition) is 3. The summed E-state index contributed by atoms with van der Waals surface area (Å²) in [6, 6.07) is 3.70. The molecule has 0 aliphatic rings. The maximum absolute atomic E-state index is 13.5. The standard InChI is InChI=1S/C15H20FNO4/c1-3-4-5-9-17-14(18)10(2)21-12-8-6-7-11(16)13(12)15(19)20/h6-8,10H,3-5,9H2,1-2H3,(H,17,18)(H,19,20). The fourth-order valence-corrected chi connectivity index (χ4v) is 1.78. The van der Waals surface area contributed by atoms with Crippen molar-refractivity contribution in [3.63, 3.8) is 0 Å². The molecule has 1 aromatic carbocycles. The molecule has 1 unspecified atom stereocenters. The van der Waals surface area contributed by atoms with Crippen molar-refractivity contribution in [2.45, 2.75) is 39.2 Å². The first kappa shape index (κ1) is 16.9. The van der Waals surface area contributed by atoms with Gasteiger partial charge in [0, 0.05) is 6.54 Å². The van der Waals surface area contributed by atoms with Crippen LogP contribution in [0.2, 0.25) is 0 Å². The predicted octanol–water partition coefficient (Wildman–Crippen LogP) is 2.60. The number of rotatable bonds is 8. The monoisotopic (exact) mass is 297 g/mol. The van der Waals surface area contributed by atoms with Gasteiger partial charge in [0.25, 0.3) is 5.91 Å². The number of unbranched alkanes of at least 4 members (excludes halogenated alkanes) is 2. The van der Waals surface area contributed by atoms with Crippen molar-refractivity contribution in [1.82, 2.24) is 5.32 Å². The highest BCUT2D eigenvalue weighted by Crippen LogP contribution is 2.22. The second-order valence-electron chi connectivity index (χ2n) is 4.68. The number of aromatic carboxylic acids is 1. The minimum Gasteiger partial charge on any atom is -0.480 e. The molecule has 116 valence electrons. The van der Waals surface area contributed by atoms with E-state index in [1.165, 1.54) is 19.1 Å². The molecular weight excluding hydrogens is 277 g/mol. The Morgan fingerprint density at radius 2 is 2.10 bits per heavy atom. The molecule has 0 aliphatic heterocycles. The lowest BCUT2D eigenvalue weighted by Gasteiger charge is -2.16. The maximum atomic E-state index is 13.5. The van der Waals surface area contributed by atoms with E-state index >= 15 is 0 Å². The molecule has 1 amide bonds. The van der Waals surface area contributed by atoms with Crippen molar-refractivity contribution in [3.8, 4) is 5.75 Å². The number of carboxylic acid groups (broad SMARTS) is 1. The number of benzene rings is 1. The van der Waals surface area contributed by atoms with E-state index in [2.05, 4.69) is 12.2 Å². The zero-order valence-corrected chi connectivity index (χ0v) is 12.2. The second kappa shape index (κ2) is 8.24. The Labute approximate surface area is 123 Å². The number of nitrogens with one attached hydrogen (secondary N) is 1. The van der Waals surface area contributed by atoms with Gasteiger partial charge >= 0.3 is 5.97 Å². The zero-order chi connectivity index (χ0) is 15.8. The zero-order valence-electron chi connectivity index (χ0n) is 12.2. The molecule has 0 radical (unpaired) electrons. The molecule has 0 spiro atoms. The normalized spacial score (nSPS) is 11.8. The Morgan fingerprint density at radius 1 is 1.38 bits per heavy atom. The van der Waals surface area contributed by atoms with Gasteiger partial charge in [0.2, 0.25) is 0 Å². The molecule has 6 heteroatoms. The molecule has 2 N–H and O–H groups in total. The lowest BCUT2D eigenvalue weighted by molar-refractivity contribution is -0.127. The van der Waals surface area contributed by atoms with Gasteiger partial charge in [-0.15, -0.1) is 0 Å². The van der Waals surface area contributed by atoms with E-state index in [4.69, 9.17) is 9.84 Å². The van der Waals surface area contributed by atoms with Crippen LogP contribution in [-0.2, 0) is 4.79 Å². The third-order valence-electron chi connectivity index (χ3n) is 2.94. The van der Waals surface area contributed by atoms with Gasteiger partial charge in [-0.25, -0.2) is 9.18 Å². The molecule has 1 rings (SSSR count). The van der Waals surface area contributed by atoms with E-state index < -0.39 is 23.5 Å². The van der Waals surface area contributed by atoms with Crippen molar-refractivity contribution in [2.24, 2.45) is 0 Å². The molecule has 0 fully saturated rings. The van der Waals surface area contributed by atoms with E-state index in [1.54, 1.807) is 0 Å². The molecule has 0 saturated carbocycles. The first-order chi connectivity index (χ1) is 9.97. The number of ether oxygens (including phenoxy) is 1. The summed E-state index contributed by atoms with van der Waals surface area (Å²) < 4.78 is 18.8. The summed E-state index contributed by atoms with van der Waals surface area (Å²) >= 11 is 0. The van der Waals surface area contributed by atoms with Gasteiger partial charge in [0.05, 0.1) is 0 Å². The van der Waals surface area contributed by atoms with Gasteiger partial charge in [-0.1, -0.05) is 25.8 Å². The number of halogens is 1. The molecular formula is C15H20FNO4. The molecule has 1 atom stereocenters. The van der Waals surface area contributed by atoms with Gasteiger partial charge in [-0.2, -0.15) is 0 Å². The van der Waals surface area contributed by atoms with Crippen LogP contribution in [0.1, 0.15) is 43.5 Å². The Kier molecular flexibility index (Phi) is 6.65. The molecule has 0 saturated heterocycles. The first-order valence-corrected chi connectivity index (χ1v) is 6.93. The molecule has 21 heavy (non-hydrogen) atoms. The summed E-state index contributed by atoms with van der Waals surface area (Å²) in [5.74, 6) is -2.83.